The molecule has 1 N–H and O–H groups in total. The highest BCUT2D eigenvalue weighted by Gasteiger charge is 2.33. The zero-order valence-corrected chi connectivity index (χ0v) is 15.8. The van der Waals surface area contributed by atoms with Crippen LogP contribution in [0.3, 0.4) is 0 Å². The lowest BCUT2D eigenvalue weighted by atomic mass is 10.1. The number of benzene rings is 1. The van der Waals surface area contributed by atoms with Crippen molar-refractivity contribution in [2.75, 3.05) is 11.9 Å². The van der Waals surface area contributed by atoms with E-state index in [0.717, 1.165) is 30.6 Å². The highest BCUT2D eigenvalue weighted by Crippen LogP contribution is 2.36. The molecule has 2 heterocycles. The molecule has 1 aromatic heterocycles. The van der Waals surface area contributed by atoms with E-state index in [-0.39, 0.29) is 16.8 Å². The van der Waals surface area contributed by atoms with Crippen molar-refractivity contribution in [3.05, 3.63) is 46.7 Å². The van der Waals surface area contributed by atoms with Gasteiger partial charge in [0.25, 0.3) is 0 Å². The van der Waals surface area contributed by atoms with Gasteiger partial charge in [0.1, 0.15) is 0 Å². The smallest absolute Gasteiger partial charge is 0.243 e. The van der Waals surface area contributed by atoms with Gasteiger partial charge in [0.05, 0.1) is 10.9 Å². The Labute approximate surface area is 152 Å². The molecule has 7 heteroatoms. The van der Waals surface area contributed by atoms with E-state index in [4.69, 9.17) is 0 Å². The molecule has 1 fully saturated rings. The fourth-order valence-electron chi connectivity index (χ4n) is 3.18. The molecule has 1 aliphatic heterocycles. The summed E-state index contributed by atoms with van der Waals surface area (Å²) in [5, 5.41) is 4.65. The van der Waals surface area contributed by atoms with Gasteiger partial charge in [-0.05, 0) is 48.6 Å². The molecule has 0 unspecified atom stereocenters. The number of nitrogens with zero attached hydrogens (tertiary/aromatic N) is 1. The van der Waals surface area contributed by atoms with E-state index in [1.54, 1.807) is 39.9 Å². The van der Waals surface area contributed by atoms with Gasteiger partial charge in [-0.3, -0.25) is 4.79 Å². The summed E-state index contributed by atoms with van der Waals surface area (Å²) in [5.74, 6) is -0.180. The molecule has 1 amide bonds. The Hall–Kier alpha value is -1.70. The number of carbonyl (C=O) groups is 1. The minimum atomic E-state index is -3.58. The number of anilines is 1. The van der Waals surface area contributed by atoms with Crippen molar-refractivity contribution in [1.29, 1.82) is 0 Å². The predicted octanol–water partition coefficient (Wildman–Crippen LogP) is 4.01. The molecule has 1 aliphatic rings. The van der Waals surface area contributed by atoms with Crippen LogP contribution in [0.25, 0.3) is 0 Å². The first-order valence-corrected chi connectivity index (χ1v) is 10.7. The number of amides is 1. The van der Waals surface area contributed by atoms with Crippen LogP contribution in [-0.2, 0) is 14.8 Å². The Morgan fingerprint density at radius 1 is 1.16 bits per heavy atom. The van der Waals surface area contributed by atoms with Gasteiger partial charge in [0, 0.05) is 24.0 Å². The quantitative estimate of drug-likeness (QED) is 0.874. The minimum Gasteiger partial charge on any atom is -0.326 e. The highest BCUT2D eigenvalue weighted by atomic mass is 32.2. The summed E-state index contributed by atoms with van der Waals surface area (Å²) in [6.45, 7) is 1.96. The summed E-state index contributed by atoms with van der Waals surface area (Å²) in [6.07, 6.45) is 3.82. The van der Waals surface area contributed by atoms with Crippen LogP contribution < -0.4 is 5.32 Å². The Morgan fingerprint density at radius 2 is 1.92 bits per heavy atom. The van der Waals surface area contributed by atoms with Crippen molar-refractivity contribution in [2.45, 2.75) is 43.5 Å². The van der Waals surface area contributed by atoms with Gasteiger partial charge < -0.3 is 5.32 Å². The fraction of sp³-hybridized carbons (Fsp3) is 0.389. The molecule has 2 aromatic rings. The van der Waals surface area contributed by atoms with Crippen LogP contribution in [0.1, 0.15) is 43.5 Å². The van der Waals surface area contributed by atoms with Crippen LogP contribution in [0.2, 0.25) is 0 Å². The summed E-state index contributed by atoms with van der Waals surface area (Å²) in [6, 6.07) is 10.3. The molecule has 0 spiro atoms. The van der Waals surface area contributed by atoms with E-state index in [0.29, 0.717) is 12.2 Å². The molecular formula is C18H22N2O3S2. The van der Waals surface area contributed by atoms with E-state index >= 15 is 0 Å². The minimum absolute atomic E-state index is 0.0949. The van der Waals surface area contributed by atoms with Crippen molar-refractivity contribution in [1.82, 2.24) is 4.31 Å². The van der Waals surface area contributed by atoms with Gasteiger partial charge >= 0.3 is 0 Å². The lowest BCUT2D eigenvalue weighted by Gasteiger charge is -2.28. The molecule has 0 saturated carbocycles. The van der Waals surface area contributed by atoms with Gasteiger partial charge in [-0.1, -0.05) is 18.9 Å². The molecule has 1 saturated heterocycles. The van der Waals surface area contributed by atoms with Crippen LogP contribution in [0, 0.1) is 0 Å². The summed E-state index contributed by atoms with van der Waals surface area (Å²) >= 11 is 1.61. The molecule has 134 valence electrons. The van der Waals surface area contributed by atoms with Crippen LogP contribution in [0.15, 0.2) is 46.7 Å². The third-order valence-electron chi connectivity index (χ3n) is 4.36. The summed E-state index contributed by atoms with van der Waals surface area (Å²) in [7, 11) is -3.58. The molecular weight excluding hydrogens is 356 g/mol. The van der Waals surface area contributed by atoms with Gasteiger partial charge in [-0.2, -0.15) is 4.31 Å². The van der Waals surface area contributed by atoms with Crippen LogP contribution in [0.4, 0.5) is 5.69 Å². The second-order valence-corrected chi connectivity index (χ2v) is 9.07. The number of rotatable bonds is 4. The van der Waals surface area contributed by atoms with Gasteiger partial charge in [0.15, 0.2) is 0 Å². The van der Waals surface area contributed by atoms with Crippen molar-refractivity contribution in [3.63, 3.8) is 0 Å². The second-order valence-electron chi connectivity index (χ2n) is 6.20. The molecule has 0 radical (unpaired) electrons. The van der Waals surface area contributed by atoms with Crippen molar-refractivity contribution in [3.8, 4) is 0 Å². The SMILES string of the molecule is CC(=O)Nc1ccc(S(=O)(=O)N2CCCCC[C@@H]2c2cccs2)cc1. The Morgan fingerprint density at radius 3 is 2.56 bits per heavy atom. The van der Waals surface area contributed by atoms with Crippen LogP contribution in [-0.4, -0.2) is 25.2 Å². The molecule has 1 atom stereocenters. The first-order valence-electron chi connectivity index (χ1n) is 8.41. The van der Waals surface area contributed by atoms with Gasteiger partial charge in [0.2, 0.25) is 15.9 Å². The van der Waals surface area contributed by atoms with E-state index in [9.17, 15) is 13.2 Å². The Balaban J connectivity index is 1.91. The maximum Gasteiger partial charge on any atom is 0.243 e. The van der Waals surface area contributed by atoms with E-state index in [1.165, 1.54) is 6.92 Å². The van der Waals surface area contributed by atoms with Crippen LogP contribution >= 0.6 is 11.3 Å². The van der Waals surface area contributed by atoms with E-state index < -0.39 is 10.0 Å². The predicted molar refractivity (Wildman–Crippen MR) is 100 cm³/mol. The molecule has 0 bridgehead atoms. The Bertz CT molecular complexity index is 815. The van der Waals surface area contributed by atoms with Gasteiger partial charge in [-0.15, -0.1) is 11.3 Å². The molecule has 0 aliphatic carbocycles. The third kappa shape index (κ3) is 4.11. The normalized spacial score (nSPS) is 19.3. The van der Waals surface area contributed by atoms with Gasteiger partial charge in [-0.25, -0.2) is 8.42 Å². The fourth-order valence-corrected chi connectivity index (χ4v) is 5.80. The maximum atomic E-state index is 13.2. The zero-order valence-electron chi connectivity index (χ0n) is 14.1. The number of thiophene rings is 1. The first kappa shape index (κ1) is 18.1. The highest BCUT2D eigenvalue weighted by molar-refractivity contribution is 7.89. The molecule has 25 heavy (non-hydrogen) atoms. The zero-order chi connectivity index (χ0) is 17.9. The first-order chi connectivity index (χ1) is 12.0. The lowest BCUT2D eigenvalue weighted by Crippen LogP contribution is -2.34. The molecule has 5 nitrogen and oxygen atoms in total. The van der Waals surface area contributed by atoms with E-state index in [1.807, 2.05) is 17.5 Å². The number of nitrogens with one attached hydrogen (secondary N) is 1. The van der Waals surface area contributed by atoms with Crippen molar-refractivity contribution >= 4 is 33.0 Å². The van der Waals surface area contributed by atoms with Crippen LogP contribution in [0.5, 0.6) is 0 Å². The largest absolute Gasteiger partial charge is 0.326 e. The topological polar surface area (TPSA) is 66.5 Å². The number of hydrogen-bond donors (Lipinski definition) is 1. The molecule has 1 aromatic carbocycles. The third-order valence-corrected chi connectivity index (χ3v) is 7.25. The van der Waals surface area contributed by atoms with Crippen molar-refractivity contribution < 1.29 is 13.2 Å². The summed E-state index contributed by atoms with van der Waals surface area (Å²) in [5.41, 5.74) is 0.595. The van der Waals surface area contributed by atoms with Crippen molar-refractivity contribution in [2.24, 2.45) is 0 Å². The molecule has 3 rings (SSSR count). The Kier molecular flexibility index (Phi) is 5.56. The summed E-state index contributed by atoms with van der Waals surface area (Å²) in [4.78, 5) is 12.5. The summed E-state index contributed by atoms with van der Waals surface area (Å²) < 4.78 is 28.1. The van der Waals surface area contributed by atoms with E-state index in [2.05, 4.69) is 5.32 Å². The lowest BCUT2D eigenvalue weighted by molar-refractivity contribution is -0.114. The standard InChI is InChI=1S/C18H22N2O3S2/c1-14(21)19-15-8-10-16(11-9-15)25(22,23)20-12-4-2-3-6-17(20)18-7-5-13-24-18/h5,7-11,13,17H,2-4,6,12H2,1H3,(H,19,21)/t17-/m1/s1. The monoisotopic (exact) mass is 378 g/mol. The average molecular weight is 379 g/mol. The number of hydrogen-bond acceptors (Lipinski definition) is 4. The second kappa shape index (κ2) is 7.68. The maximum absolute atomic E-state index is 13.2. The number of carbonyl (C=O) groups excluding carboxylic acids is 1. The number of sulfonamides is 1. The average Bonchev–Trinajstić information content (AvgIpc) is 2.98.